The number of hydrogen-bond acceptors (Lipinski definition) is 8. The number of thiophene rings is 1. The van der Waals surface area contributed by atoms with Crippen molar-refractivity contribution in [3.8, 4) is 5.75 Å². The van der Waals surface area contributed by atoms with Gasteiger partial charge >= 0.3 is 0 Å². The first-order chi connectivity index (χ1) is 16.6. The van der Waals surface area contributed by atoms with Crippen LogP contribution in [0.1, 0.15) is 25.6 Å². The van der Waals surface area contributed by atoms with Crippen LogP contribution in [0.4, 0.5) is 11.5 Å². The predicted molar refractivity (Wildman–Crippen MR) is 137 cm³/mol. The Morgan fingerprint density at radius 3 is 2.54 bits per heavy atom. The first-order valence-corrected chi connectivity index (χ1v) is 12.1. The van der Waals surface area contributed by atoms with Gasteiger partial charge in [-0.1, -0.05) is 34.8 Å². The minimum Gasteiger partial charge on any atom is -0.506 e. The van der Waals surface area contributed by atoms with Gasteiger partial charge in [-0.25, -0.2) is 4.98 Å². The van der Waals surface area contributed by atoms with Gasteiger partial charge in [0.05, 0.1) is 34.0 Å². The molecule has 5 N–H and O–H groups in total. The highest BCUT2D eigenvalue weighted by molar-refractivity contribution is 7.13. The van der Waals surface area contributed by atoms with Crippen LogP contribution in [0, 0.1) is 0 Å². The number of benzene rings is 1. The number of halogens is 3. The molecular formula is C22H21Cl3N4O5S. The van der Waals surface area contributed by atoms with Crippen molar-refractivity contribution < 1.29 is 24.9 Å². The number of rotatable bonds is 9. The van der Waals surface area contributed by atoms with Crippen LogP contribution < -0.4 is 10.6 Å². The Labute approximate surface area is 219 Å². The van der Waals surface area contributed by atoms with Gasteiger partial charge in [-0.05, 0) is 36.2 Å². The fraction of sp³-hybridized carbons (Fsp3) is 0.227. The number of pyridine rings is 1. The second-order valence-electron chi connectivity index (χ2n) is 7.55. The van der Waals surface area contributed by atoms with E-state index in [1.54, 1.807) is 23.4 Å². The summed E-state index contributed by atoms with van der Waals surface area (Å²) in [4.78, 5) is 31.8. The molecule has 0 fully saturated rings. The molecule has 13 heteroatoms. The SMILES string of the molecule is CN(Cc1csc(C(=O)Nc2c(O)cc(Cl)cc2C(=O)Nc2ccc(Cl)cn2)c1Cl)CC(O)CO. The van der Waals surface area contributed by atoms with Crippen LogP contribution in [0.3, 0.4) is 0 Å². The number of hydrogen-bond donors (Lipinski definition) is 5. The zero-order valence-corrected chi connectivity index (χ0v) is 21.3. The average molecular weight is 560 g/mol. The van der Waals surface area contributed by atoms with E-state index in [0.717, 1.165) is 11.3 Å². The van der Waals surface area contributed by atoms with Crippen molar-refractivity contribution >= 4 is 69.5 Å². The molecule has 0 saturated carbocycles. The Bertz CT molecular complexity index is 1220. The van der Waals surface area contributed by atoms with E-state index in [0.29, 0.717) is 17.1 Å². The highest BCUT2D eigenvalue weighted by Gasteiger charge is 2.23. The third-order valence-corrected chi connectivity index (χ3v) is 6.73. The molecule has 3 rings (SSSR count). The summed E-state index contributed by atoms with van der Waals surface area (Å²) < 4.78 is 0. The van der Waals surface area contributed by atoms with E-state index in [-0.39, 0.29) is 45.1 Å². The van der Waals surface area contributed by atoms with E-state index >= 15 is 0 Å². The lowest BCUT2D eigenvalue weighted by Gasteiger charge is -2.19. The van der Waals surface area contributed by atoms with Crippen LogP contribution in [0.25, 0.3) is 0 Å². The highest BCUT2D eigenvalue weighted by atomic mass is 35.5. The molecule has 1 aromatic carbocycles. The van der Waals surface area contributed by atoms with E-state index in [2.05, 4.69) is 15.6 Å². The van der Waals surface area contributed by atoms with Gasteiger partial charge in [0.25, 0.3) is 11.8 Å². The van der Waals surface area contributed by atoms with Gasteiger partial charge in [0.1, 0.15) is 16.4 Å². The Morgan fingerprint density at radius 1 is 1.14 bits per heavy atom. The molecule has 0 radical (unpaired) electrons. The third kappa shape index (κ3) is 7.05. The van der Waals surface area contributed by atoms with E-state index in [1.807, 2.05) is 0 Å². The molecule has 0 saturated heterocycles. The fourth-order valence-electron chi connectivity index (χ4n) is 3.12. The number of aromatic nitrogens is 1. The quantitative estimate of drug-likeness (QED) is 0.249. The van der Waals surface area contributed by atoms with Crippen molar-refractivity contribution in [2.75, 3.05) is 30.8 Å². The minimum absolute atomic E-state index is 0.0826. The number of anilines is 2. The van der Waals surface area contributed by atoms with Crippen molar-refractivity contribution in [2.24, 2.45) is 0 Å². The maximum Gasteiger partial charge on any atom is 0.267 e. The van der Waals surface area contributed by atoms with Crippen LogP contribution in [-0.2, 0) is 6.54 Å². The van der Waals surface area contributed by atoms with Gasteiger partial charge < -0.3 is 26.0 Å². The molecule has 3 aromatic rings. The van der Waals surface area contributed by atoms with Gasteiger partial charge in [-0.3, -0.25) is 14.5 Å². The summed E-state index contributed by atoms with van der Waals surface area (Å²) in [5, 5.41) is 36.5. The lowest BCUT2D eigenvalue weighted by atomic mass is 10.1. The number of phenols is 1. The number of likely N-dealkylation sites (N-methyl/N-ethyl adjacent to an activating group) is 1. The molecule has 186 valence electrons. The summed E-state index contributed by atoms with van der Waals surface area (Å²) >= 11 is 19.3. The van der Waals surface area contributed by atoms with Gasteiger partial charge in [0.15, 0.2) is 0 Å². The molecule has 0 aliphatic rings. The number of nitrogens with one attached hydrogen (secondary N) is 2. The number of carbonyl (C=O) groups is 2. The average Bonchev–Trinajstić information content (AvgIpc) is 3.16. The van der Waals surface area contributed by atoms with E-state index in [1.165, 1.54) is 24.4 Å². The highest BCUT2D eigenvalue weighted by Crippen LogP contribution is 2.35. The molecule has 0 bridgehead atoms. The summed E-state index contributed by atoms with van der Waals surface area (Å²) in [7, 11) is 1.73. The lowest BCUT2D eigenvalue weighted by Crippen LogP contribution is -2.30. The third-order valence-electron chi connectivity index (χ3n) is 4.71. The van der Waals surface area contributed by atoms with Crippen LogP contribution >= 0.6 is 46.1 Å². The molecule has 1 atom stereocenters. The molecule has 2 heterocycles. The molecular weight excluding hydrogens is 539 g/mol. The second kappa shape index (κ2) is 12.0. The number of phenolic OH excluding ortho intramolecular Hbond substituents is 1. The van der Waals surface area contributed by atoms with Crippen molar-refractivity contribution in [3.63, 3.8) is 0 Å². The summed E-state index contributed by atoms with van der Waals surface area (Å²) in [6.45, 7) is 0.168. The summed E-state index contributed by atoms with van der Waals surface area (Å²) in [5.74, 6) is -1.52. The van der Waals surface area contributed by atoms with Crippen LogP contribution in [-0.4, -0.2) is 63.3 Å². The molecule has 0 aliphatic heterocycles. The summed E-state index contributed by atoms with van der Waals surface area (Å²) in [6.07, 6.45) is 0.453. The lowest BCUT2D eigenvalue weighted by molar-refractivity contribution is 0.0648. The number of amides is 2. The van der Waals surface area contributed by atoms with Gasteiger partial charge in [-0.15, -0.1) is 11.3 Å². The smallest absolute Gasteiger partial charge is 0.267 e. The van der Waals surface area contributed by atoms with Crippen LogP contribution in [0.15, 0.2) is 35.8 Å². The van der Waals surface area contributed by atoms with Crippen molar-refractivity contribution in [2.45, 2.75) is 12.6 Å². The topological polar surface area (TPSA) is 135 Å². The number of carbonyl (C=O) groups excluding carboxylic acids is 2. The molecule has 2 aromatic heterocycles. The molecule has 9 nitrogen and oxygen atoms in total. The molecule has 0 aliphatic carbocycles. The number of aliphatic hydroxyl groups excluding tert-OH is 2. The maximum atomic E-state index is 13.0. The van der Waals surface area contributed by atoms with E-state index in [9.17, 15) is 19.8 Å². The fourth-order valence-corrected chi connectivity index (χ4v) is 4.69. The monoisotopic (exact) mass is 558 g/mol. The zero-order valence-electron chi connectivity index (χ0n) is 18.3. The van der Waals surface area contributed by atoms with Crippen molar-refractivity contribution in [3.05, 3.63) is 66.9 Å². The molecule has 0 spiro atoms. The Balaban J connectivity index is 1.81. The van der Waals surface area contributed by atoms with E-state index in [4.69, 9.17) is 39.9 Å². The Hall–Kier alpha value is -2.44. The van der Waals surface area contributed by atoms with Crippen molar-refractivity contribution in [1.82, 2.24) is 9.88 Å². The number of aromatic hydroxyl groups is 1. The Morgan fingerprint density at radius 2 is 1.89 bits per heavy atom. The summed E-state index contributed by atoms with van der Waals surface area (Å²) in [5.41, 5.74) is 0.396. The standard InChI is InChI=1S/C22H21Cl3N4O5S/c1-29(8-14(31)9-30)7-11-10-35-20(18(11)25)22(34)28-19-15(4-13(24)5-16(19)32)21(33)27-17-3-2-12(23)6-26-17/h2-6,10,14,30-32H,7-9H2,1H3,(H,28,34)(H,26,27,33). The predicted octanol–water partition coefficient (Wildman–Crippen LogP) is 4.10. The minimum atomic E-state index is -0.902. The molecule has 35 heavy (non-hydrogen) atoms. The van der Waals surface area contributed by atoms with E-state index < -0.39 is 23.7 Å². The van der Waals surface area contributed by atoms with Gasteiger partial charge in [0.2, 0.25) is 0 Å². The second-order valence-corrected chi connectivity index (χ2v) is 9.69. The van der Waals surface area contributed by atoms with Crippen LogP contribution in [0.5, 0.6) is 5.75 Å². The first-order valence-electron chi connectivity index (χ1n) is 10.1. The normalized spacial score (nSPS) is 12.0. The van der Waals surface area contributed by atoms with Gasteiger partial charge in [-0.2, -0.15) is 0 Å². The molecule has 1 unspecified atom stereocenters. The maximum absolute atomic E-state index is 13.0. The van der Waals surface area contributed by atoms with Crippen molar-refractivity contribution in [1.29, 1.82) is 0 Å². The van der Waals surface area contributed by atoms with Gasteiger partial charge in [0, 0.05) is 30.4 Å². The Kier molecular flexibility index (Phi) is 9.31. The number of aliphatic hydroxyl groups is 2. The number of nitrogens with zero attached hydrogens (tertiary/aromatic N) is 2. The zero-order chi connectivity index (χ0) is 25.7. The first kappa shape index (κ1) is 27.2. The summed E-state index contributed by atoms with van der Waals surface area (Å²) in [6, 6.07) is 5.52. The largest absolute Gasteiger partial charge is 0.506 e. The molecule has 2 amide bonds. The van der Waals surface area contributed by atoms with Crippen LogP contribution in [0.2, 0.25) is 15.1 Å².